The van der Waals surface area contributed by atoms with Crippen LogP contribution in [-0.4, -0.2) is 56.2 Å². The number of thioether (sulfide) groups is 1. The fraction of sp³-hybridized carbons (Fsp3) is 1.00. The van der Waals surface area contributed by atoms with E-state index in [4.69, 9.17) is 0 Å². The standard InChI is InChI=1S/C13H26N2O2S2/c1-14-12(13-6-4-8-18-13)9-11-5-3-7-15(10-11)19(2,16)17/h11-14H,3-10H2,1-2H3. The maximum absolute atomic E-state index is 11.6. The molecular formula is C13H26N2O2S2. The zero-order valence-electron chi connectivity index (χ0n) is 12.0. The highest BCUT2D eigenvalue weighted by Gasteiger charge is 2.31. The first-order valence-corrected chi connectivity index (χ1v) is 10.1. The van der Waals surface area contributed by atoms with E-state index in [2.05, 4.69) is 17.1 Å². The number of piperidine rings is 1. The highest BCUT2D eigenvalue weighted by Crippen LogP contribution is 2.32. The van der Waals surface area contributed by atoms with Gasteiger partial charge in [-0.15, -0.1) is 0 Å². The summed E-state index contributed by atoms with van der Waals surface area (Å²) in [6.45, 7) is 1.42. The van der Waals surface area contributed by atoms with Crippen LogP contribution in [0.2, 0.25) is 0 Å². The molecule has 1 N–H and O–H groups in total. The zero-order chi connectivity index (χ0) is 13.9. The Hall–Kier alpha value is 0.220. The average molecular weight is 306 g/mol. The third-order valence-electron chi connectivity index (χ3n) is 4.32. The Bertz CT molecular complexity index is 380. The van der Waals surface area contributed by atoms with Gasteiger partial charge in [0, 0.05) is 24.4 Å². The summed E-state index contributed by atoms with van der Waals surface area (Å²) in [5.41, 5.74) is 0. The van der Waals surface area contributed by atoms with Crippen LogP contribution in [0.3, 0.4) is 0 Å². The van der Waals surface area contributed by atoms with Crippen LogP contribution >= 0.6 is 11.8 Å². The van der Waals surface area contributed by atoms with Crippen molar-refractivity contribution in [3.05, 3.63) is 0 Å². The zero-order valence-corrected chi connectivity index (χ0v) is 13.6. The topological polar surface area (TPSA) is 49.4 Å². The molecule has 0 saturated carbocycles. The van der Waals surface area contributed by atoms with Crippen LogP contribution in [0.1, 0.15) is 32.1 Å². The van der Waals surface area contributed by atoms with Crippen LogP contribution in [0.4, 0.5) is 0 Å². The van der Waals surface area contributed by atoms with Gasteiger partial charge in [0.1, 0.15) is 0 Å². The summed E-state index contributed by atoms with van der Waals surface area (Å²) in [7, 11) is -0.970. The normalized spacial score (nSPS) is 31.5. The van der Waals surface area contributed by atoms with E-state index in [0.29, 0.717) is 25.0 Å². The predicted molar refractivity (Wildman–Crippen MR) is 82.1 cm³/mol. The van der Waals surface area contributed by atoms with E-state index in [1.54, 1.807) is 4.31 Å². The van der Waals surface area contributed by atoms with Crippen molar-refractivity contribution in [3.8, 4) is 0 Å². The Labute approximate surface area is 121 Å². The van der Waals surface area contributed by atoms with Gasteiger partial charge in [0.25, 0.3) is 0 Å². The summed E-state index contributed by atoms with van der Waals surface area (Å²) < 4.78 is 25.0. The molecule has 19 heavy (non-hydrogen) atoms. The summed E-state index contributed by atoms with van der Waals surface area (Å²) in [6, 6.07) is 0.539. The first kappa shape index (κ1) is 15.6. The van der Waals surface area contributed by atoms with Crippen LogP contribution in [-0.2, 0) is 10.0 Å². The lowest BCUT2D eigenvalue weighted by Crippen LogP contribution is -2.43. The summed E-state index contributed by atoms with van der Waals surface area (Å²) in [6.07, 6.45) is 7.25. The monoisotopic (exact) mass is 306 g/mol. The average Bonchev–Trinajstić information content (AvgIpc) is 2.89. The highest BCUT2D eigenvalue weighted by atomic mass is 32.2. The fourth-order valence-corrected chi connectivity index (χ4v) is 5.65. The molecule has 4 nitrogen and oxygen atoms in total. The van der Waals surface area contributed by atoms with Gasteiger partial charge in [0.05, 0.1) is 6.26 Å². The maximum Gasteiger partial charge on any atom is 0.211 e. The Morgan fingerprint density at radius 2 is 2.16 bits per heavy atom. The molecule has 0 radical (unpaired) electrons. The van der Waals surface area contributed by atoms with Gasteiger partial charge in [-0.05, 0) is 50.8 Å². The molecule has 3 unspecified atom stereocenters. The lowest BCUT2D eigenvalue weighted by Gasteiger charge is -2.34. The molecule has 0 aromatic rings. The maximum atomic E-state index is 11.6. The third-order valence-corrected chi connectivity index (χ3v) is 7.11. The van der Waals surface area contributed by atoms with Gasteiger partial charge in [0.2, 0.25) is 10.0 Å². The number of rotatable bonds is 5. The van der Waals surface area contributed by atoms with E-state index in [9.17, 15) is 8.42 Å². The molecule has 2 heterocycles. The van der Waals surface area contributed by atoms with E-state index in [-0.39, 0.29) is 0 Å². The van der Waals surface area contributed by atoms with E-state index in [1.165, 1.54) is 31.3 Å². The number of nitrogens with zero attached hydrogens (tertiary/aromatic N) is 1. The molecule has 2 aliphatic heterocycles. The minimum atomic E-state index is -3.01. The first-order valence-electron chi connectivity index (χ1n) is 7.24. The molecule has 2 saturated heterocycles. The number of nitrogens with one attached hydrogen (secondary N) is 1. The van der Waals surface area contributed by atoms with Crippen molar-refractivity contribution in [1.29, 1.82) is 0 Å². The summed E-state index contributed by atoms with van der Waals surface area (Å²) in [5, 5.41) is 4.18. The summed E-state index contributed by atoms with van der Waals surface area (Å²) >= 11 is 2.08. The molecule has 0 aliphatic carbocycles. The van der Waals surface area contributed by atoms with Crippen LogP contribution in [0.25, 0.3) is 0 Å². The fourth-order valence-electron chi connectivity index (χ4n) is 3.26. The van der Waals surface area contributed by atoms with Gasteiger partial charge in [0.15, 0.2) is 0 Å². The Morgan fingerprint density at radius 1 is 1.37 bits per heavy atom. The van der Waals surface area contributed by atoms with Crippen LogP contribution < -0.4 is 5.32 Å². The lowest BCUT2D eigenvalue weighted by atomic mass is 9.90. The summed E-state index contributed by atoms with van der Waals surface area (Å²) in [4.78, 5) is 0. The molecule has 0 bridgehead atoms. The molecule has 0 aromatic carbocycles. The second kappa shape index (κ2) is 6.78. The molecule has 2 aliphatic rings. The van der Waals surface area contributed by atoms with Gasteiger partial charge >= 0.3 is 0 Å². The van der Waals surface area contributed by atoms with Crippen molar-refractivity contribution in [1.82, 2.24) is 9.62 Å². The Balaban J connectivity index is 1.90. The smallest absolute Gasteiger partial charge is 0.211 e. The van der Waals surface area contributed by atoms with Crippen LogP contribution in [0.15, 0.2) is 0 Å². The molecule has 6 heteroatoms. The number of sulfonamides is 1. The minimum Gasteiger partial charge on any atom is -0.316 e. The Kier molecular flexibility index (Phi) is 5.57. The van der Waals surface area contributed by atoms with Gasteiger partial charge in [-0.25, -0.2) is 12.7 Å². The minimum absolute atomic E-state index is 0.516. The SMILES string of the molecule is CNC(CC1CCCN(S(C)(=O)=O)C1)C1CCCS1. The van der Waals surface area contributed by atoms with E-state index < -0.39 is 10.0 Å². The summed E-state index contributed by atoms with van der Waals surface area (Å²) in [5.74, 6) is 1.80. The van der Waals surface area contributed by atoms with Crippen LogP contribution in [0.5, 0.6) is 0 Å². The lowest BCUT2D eigenvalue weighted by molar-refractivity contribution is 0.238. The predicted octanol–water partition coefficient (Wildman–Crippen LogP) is 1.53. The number of hydrogen-bond acceptors (Lipinski definition) is 4. The molecule has 2 fully saturated rings. The molecule has 0 spiro atoms. The quantitative estimate of drug-likeness (QED) is 0.837. The third kappa shape index (κ3) is 4.34. The van der Waals surface area contributed by atoms with Gasteiger partial charge in [-0.2, -0.15) is 11.8 Å². The van der Waals surface area contributed by atoms with Crippen molar-refractivity contribution in [3.63, 3.8) is 0 Å². The molecular weight excluding hydrogens is 280 g/mol. The largest absolute Gasteiger partial charge is 0.316 e. The second-order valence-electron chi connectivity index (χ2n) is 5.81. The van der Waals surface area contributed by atoms with E-state index in [0.717, 1.165) is 18.1 Å². The number of hydrogen-bond donors (Lipinski definition) is 1. The molecule has 2 rings (SSSR count). The van der Waals surface area contributed by atoms with E-state index >= 15 is 0 Å². The second-order valence-corrected chi connectivity index (χ2v) is 9.14. The Morgan fingerprint density at radius 3 is 2.74 bits per heavy atom. The van der Waals surface area contributed by atoms with Crippen molar-refractivity contribution in [2.45, 2.75) is 43.4 Å². The molecule has 0 aromatic heterocycles. The molecule has 3 atom stereocenters. The van der Waals surface area contributed by atoms with E-state index in [1.807, 2.05) is 7.05 Å². The van der Waals surface area contributed by atoms with Crippen molar-refractivity contribution >= 4 is 21.8 Å². The van der Waals surface area contributed by atoms with Gasteiger partial charge in [-0.1, -0.05) is 0 Å². The first-order chi connectivity index (χ1) is 9.00. The van der Waals surface area contributed by atoms with Crippen molar-refractivity contribution in [2.75, 3.05) is 32.1 Å². The van der Waals surface area contributed by atoms with Crippen molar-refractivity contribution in [2.24, 2.45) is 5.92 Å². The van der Waals surface area contributed by atoms with Gasteiger partial charge in [-0.3, -0.25) is 0 Å². The van der Waals surface area contributed by atoms with Gasteiger partial charge < -0.3 is 5.32 Å². The molecule has 0 amide bonds. The highest BCUT2D eigenvalue weighted by molar-refractivity contribution is 8.00. The van der Waals surface area contributed by atoms with Crippen LogP contribution in [0, 0.1) is 5.92 Å². The van der Waals surface area contributed by atoms with Crippen molar-refractivity contribution < 1.29 is 8.42 Å². The molecule has 112 valence electrons.